The molecule has 0 saturated carbocycles. The van der Waals surface area contributed by atoms with Crippen LogP contribution < -0.4 is 16.4 Å². The molecule has 1 aromatic rings. The predicted molar refractivity (Wildman–Crippen MR) is 77.7 cm³/mol. The highest BCUT2D eigenvalue weighted by Gasteiger charge is 2.31. The predicted octanol–water partition coefficient (Wildman–Crippen LogP) is 2.28. The fourth-order valence-electron chi connectivity index (χ4n) is 1.24. The summed E-state index contributed by atoms with van der Waals surface area (Å²) in [6.07, 6.45) is 0.173. The number of hydrogen-bond acceptors (Lipinski definition) is 3. The van der Waals surface area contributed by atoms with E-state index in [0.717, 1.165) is 0 Å². The molecule has 0 bridgehead atoms. The highest BCUT2D eigenvalue weighted by Crippen LogP contribution is 2.29. The molecular formula is C11H12Cl3N3O2. The maximum absolute atomic E-state index is 11.6. The third kappa shape index (κ3) is 5.24. The van der Waals surface area contributed by atoms with E-state index in [-0.39, 0.29) is 18.9 Å². The molecule has 0 aliphatic rings. The molecular weight excluding hydrogens is 312 g/mol. The Morgan fingerprint density at radius 2 is 1.63 bits per heavy atom. The molecule has 1 rings (SSSR count). The van der Waals surface area contributed by atoms with Crippen molar-refractivity contribution in [2.24, 2.45) is 5.73 Å². The van der Waals surface area contributed by atoms with Crippen molar-refractivity contribution in [3.63, 3.8) is 0 Å². The zero-order chi connectivity index (χ0) is 14.5. The van der Waals surface area contributed by atoms with Crippen LogP contribution in [0.4, 0.5) is 11.4 Å². The number of anilines is 2. The number of hydrogen-bond donors (Lipinski definition) is 3. The van der Waals surface area contributed by atoms with E-state index >= 15 is 0 Å². The molecule has 5 nitrogen and oxygen atoms in total. The smallest absolute Gasteiger partial charge is 0.276 e. The van der Waals surface area contributed by atoms with Gasteiger partial charge in [0.25, 0.3) is 9.70 Å². The van der Waals surface area contributed by atoms with Crippen molar-refractivity contribution in [1.29, 1.82) is 0 Å². The molecule has 0 saturated heterocycles. The number of nitrogens with one attached hydrogen (secondary N) is 2. The van der Waals surface area contributed by atoms with Crippen LogP contribution in [0.3, 0.4) is 0 Å². The number of amides is 2. The lowest BCUT2D eigenvalue weighted by Crippen LogP contribution is -2.27. The number of halogens is 3. The molecule has 0 aliphatic carbocycles. The average molecular weight is 325 g/mol. The Balaban J connectivity index is 2.84. The van der Waals surface area contributed by atoms with E-state index in [1.165, 1.54) is 0 Å². The molecule has 0 aliphatic heterocycles. The molecule has 0 heterocycles. The highest BCUT2D eigenvalue weighted by molar-refractivity contribution is 6.76. The van der Waals surface area contributed by atoms with E-state index in [2.05, 4.69) is 10.6 Å². The standard InChI is InChI=1S/C11H12Cl3N3O2/c12-11(13,14)10(19)17-8-4-2-1-3-7(8)16-9(18)5-6-15/h1-4H,5-6,15H2,(H,16,18)(H,17,19). The largest absolute Gasteiger partial charge is 0.330 e. The van der Waals surface area contributed by atoms with E-state index in [4.69, 9.17) is 40.5 Å². The van der Waals surface area contributed by atoms with Crippen molar-refractivity contribution in [1.82, 2.24) is 0 Å². The van der Waals surface area contributed by atoms with Gasteiger partial charge in [-0.2, -0.15) is 0 Å². The molecule has 19 heavy (non-hydrogen) atoms. The quantitative estimate of drug-likeness (QED) is 0.743. The second-order valence-electron chi connectivity index (χ2n) is 3.58. The number of para-hydroxylation sites is 2. The van der Waals surface area contributed by atoms with E-state index in [1.807, 2.05) is 0 Å². The van der Waals surface area contributed by atoms with Gasteiger partial charge >= 0.3 is 0 Å². The maximum atomic E-state index is 11.6. The summed E-state index contributed by atoms with van der Waals surface area (Å²) in [5.41, 5.74) is 6.02. The summed E-state index contributed by atoms with van der Waals surface area (Å²) in [7, 11) is 0. The summed E-state index contributed by atoms with van der Waals surface area (Å²) in [6.45, 7) is 0.231. The molecule has 0 radical (unpaired) electrons. The molecule has 0 unspecified atom stereocenters. The van der Waals surface area contributed by atoms with Crippen LogP contribution in [-0.4, -0.2) is 22.2 Å². The molecule has 0 fully saturated rings. The Hall–Kier alpha value is -1.01. The first kappa shape index (κ1) is 16.0. The zero-order valence-electron chi connectivity index (χ0n) is 9.75. The first-order valence-corrected chi connectivity index (χ1v) is 6.45. The van der Waals surface area contributed by atoms with Crippen LogP contribution in [0.25, 0.3) is 0 Å². The van der Waals surface area contributed by atoms with Gasteiger partial charge in [-0.25, -0.2) is 0 Å². The van der Waals surface area contributed by atoms with Crippen LogP contribution in [-0.2, 0) is 9.59 Å². The van der Waals surface area contributed by atoms with Crippen LogP contribution in [0.5, 0.6) is 0 Å². The van der Waals surface area contributed by atoms with Crippen molar-refractivity contribution in [3.05, 3.63) is 24.3 Å². The van der Waals surface area contributed by atoms with E-state index in [9.17, 15) is 9.59 Å². The van der Waals surface area contributed by atoms with Gasteiger partial charge in [0, 0.05) is 13.0 Å². The summed E-state index contributed by atoms with van der Waals surface area (Å²) in [5, 5.41) is 5.02. The van der Waals surface area contributed by atoms with Gasteiger partial charge in [0.1, 0.15) is 0 Å². The van der Waals surface area contributed by atoms with E-state index < -0.39 is 9.70 Å². The minimum atomic E-state index is -2.08. The minimum Gasteiger partial charge on any atom is -0.330 e. The Bertz CT molecular complexity index is 474. The Morgan fingerprint density at radius 1 is 1.11 bits per heavy atom. The van der Waals surface area contributed by atoms with Gasteiger partial charge in [-0.3, -0.25) is 9.59 Å². The number of carbonyl (C=O) groups excluding carboxylic acids is 2. The summed E-state index contributed by atoms with van der Waals surface area (Å²) in [4.78, 5) is 23.0. The van der Waals surface area contributed by atoms with Crippen molar-refractivity contribution in [3.8, 4) is 0 Å². The van der Waals surface area contributed by atoms with Crippen LogP contribution in [0.1, 0.15) is 6.42 Å². The number of nitrogens with two attached hydrogens (primary N) is 1. The molecule has 0 aromatic heterocycles. The van der Waals surface area contributed by atoms with Crippen molar-refractivity contribution in [2.75, 3.05) is 17.2 Å². The molecule has 0 spiro atoms. The normalized spacial score (nSPS) is 10.9. The fourth-order valence-corrected chi connectivity index (χ4v) is 1.38. The summed E-state index contributed by atoms with van der Waals surface area (Å²) in [6, 6.07) is 6.56. The van der Waals surface area contributed by atoms with Crippen LogP contribution in [0, 0.1) is 0 Å². The van der Waals surface area contributed by atoms with Gasteiger partial charge in [-0.1, -0.05) is 46.9 Å². The van der Waals surface area contributed by atoms with Gasteiger partial charge in [0.2, 0.25) is 5.91 Å². The first-order chi connectivity index (χ1) is 8.84. The SMILES string of the molecule is NCCC(=O)Nc1ccccc1NC(=O)C(Cl)(Cl)Cl. The Labute approximate surface area is 125 Å². The molecule has 4 N–H and O–H groups in total. The van der Waals surface area contributed by atoms with Crippen LogP contribution in [0.15, 0.2) is 24.3 Å². The monoisotopic (exact) mass is 323 g/mol. The van der Waals surface area contributed by atoms with Crippen LogP contribution >= 0.6 is 34.8 Å². The van der Waals surface area contributed by atoms with Gasteiger partial charge < -0.3 is 16.4 Å². The fraction of sp³-hybridized carbons (Fsp3) is 0.273. The highest BCUT2D eigenvalue weighted by atomic mass is 35.6. The van der Waals surface area contributed by atoms with Crippen molar-refractivity contribution in [2.45, 2.75) is 10.2 Å². The van der Waals surface area contributed by atoms with Gasteiger partial charge in [-0.05, 0) is 12.1 Å². The second-order valence-corrected chi connectivity index (χ2v) is 5.87. The lowest BCUT2D eigenvalue weighted by atomic mass is 10.2. The second kappa shape index (κ2) is 6.96. The number of alkyl halides is 3. The van der Waals surface area contributed by atoms with Gasteiger partial charge in [0.15, 0.2) is 0 Å². The van der Waals surface area contributed by atoms with Crippen molar-refractivity contribution < 1.29 is 9.59 Å². The maximum Gasteiger partial charge on any atom is 0.276 e. The molecule has 104 valence electrons. The lowest BCUT2D eigenvalue weighted by Gasteiger charge is -2.15. The van der Waals surface area contributed by atoms with Crippen molar-refractivity contribution >= 4 is 58.0 Å². The summed E-state index contributed by atoms with van der Waals surface area (Å²) >= 11 is 16.4. The first-order valence-electron chi connectivity index (χ1n) is 5.31. The Morgan fingerprint density at radius 3 is 2.11 bits per heavy atom. The topological polar surface area (TPSA) is 84.2 Å². The van der Waals surface area contributed by atoms with Gasteiger partial charge in [0.05, 0.1) is 11.4 Å². The summed E-state index contributed by atoms with van der Waals surface area (Å²) in [5.74, 6) is -1.07. The molecule has 8 heteroatoms. The number of rotatable bonds is 4. The lowest BCUT2D eigenvalue weighted by molar-refractivity contribution is -0.116. The molecule has 1 aromatic carbocycles. The number of benzene rings is 1. The number of carbonyl (C=O) groups is 2. The van der Waals surface area contributed by atoms with Gasteiger partial charge in [-0.15, -0.1) is 0 Å². The Kier molecular flexibility index (Phi) is 5.87. The van der Waals surface area contributed by atoms with E-state index in [0.29, 0.717) is 11.4 Å². The zero-order valence-corrected chi connectivity index (χ0v) is 12.0. The third-order valence-corrected chi connectivity index (χ3v) is 2.59. The third-order valence-electron chi connectivity index (χ3n) is 2.08. The molecule has 2 amide bonds. The summed E-state index contributed by atoms with van der Waals surface area (Å²) < 4.78 is -2.08. The minimum absolute atomic E-state index is 0.173. The van der Waals surface area contributed by atoms with E-state index in [1.54, 1.807) is 24.3 Å². The average Bonchev–Trinajstić information content (AvgIpc) is 2.30. The van der Waals surface area contributed by atoms with Crippen LogP contribution in [0.2, 0.25) is 0 Å². The molecule has 0 atom stereocenters.